The van der Waals surface area contributed by atoms with Crippen LogP contribution in [-0.2, 0) is 0 Å². The van der Waals surface area contributed by atoms with Crippen molar-refractivity contribution in [2.75, 3.05) is 20.3 Å². The van der Waals surface area contributed by atoms with Crippen LogP contribution in [0.25, 0.3) is 0 Å². The van der Waals surface area contributed by atoms with Crippen LogP contribution in [0.15, 0.2) is 0 Å². The van der Waals surface area contributed by atoms with E-state index in [-0.39, 0.29) is 12.7 Å². The van der Waals surface area contributed by atoms with E-state index in [0.29, 0.717) is 0 Å². The standard InChI is InChI=1S/C9H20FN/c1-4-6-7-9(8-10)11(3)5-2/h9H,4-8H2,1-3H3/t9-/m1/s1. The molecule has 0 saturated carbocycles. The van der Waals surface area contributed by atoms with Crippen molar-refractivity contribution >= 4 is 0 Å². The largest absolute Gasteiger partial charge is 0.301 e. The molecule has 0 radical (unpaired) electrons. The van der Waals surface area contributed by atoms with E-state index in [1.165, 1.54) is 0 Å². The average Bonchev–Trinajstić information content (AvgIpc) is 2.05. The summed E-state index contributed by atoms with van der Waals surface area (Å²) in [6.07, 6.45) is 3.30. The van der Waals surface area contributed by atoms with Crippen molar-refractivity contribution < 1.29 is 4.39 Å². The molecule has 1 atom stereocenters. The quantitative estimate of drug-likeness (QED) is 0.578. The van der Waals surface area contributed by atoms with Crippen molar-refractivity contribution in [2.24, 2.45) is 0 Å². The number of hydrogen-bond acceptors (Lipinski definition) is 1. The Balaban J connectivity index is 3.56. The lowest BCUT2D eigenvalue weighted by atomic mass is 10.1. The Labute approximate surface area is 69.6 Å². The second-order valence-electron chi connectivity index (χ2n) is 3.02. The summed E-state index contributed by atoms with van der Waals surface area (Å²) in [5.74, 6) is 0. The maximum atomic E-state index is 12.4. The zero-order chi connectivity index (χ0) is 8.69. The lowest BCUT2D eigenvalue weighted by molar-refractivity contribution is 0.196. The van der Waals surface area contributed by atoms with Crippen molar-refractivity contribution in [2.45, 2.75) is 39.2 Å². The van der Waals surface area contributed by atoms with Gasteiger partial charge in [0.2, 0.25) is 0 Å². The van der Waals surface area contributed by atoms with Gasteiger partial charge in [-0.3, -0.25) is 0 Å². The van der Waals surface area contributed by atoms with Crippen LogP contribution in [-0.4, -0.2) is 31.2 Å². The van der Waals surface area contributed by atoms with Crippen LogP contribution in [0.5, 0.6) is 0 Å². The minimum Gasteiger partial charge on any atom is -0.301 e. The van der Waals surface area contributed by atoms with Gasteiger partial charge in [-0.25, -0.2) is 4.39 Å². The third-order valence-corrected chi connectivity index (χ3v) is 2.19. The molecule has 68 valence electrons. The summed E-state index contributed by atoms with van der Waals surface area (Å²) < 4.78 is 12.4. The fraction of sp³-hybridized carbons (Fsp3) is 1.00. The first-order valence-electron chi connectivity index (χ1n) is 4.52. The van der Waals surface area contributed by atoms with Crippen molar-refractivity contribution in [1.82, 2.24) is 4.90 Å². The summed E-state index contributed by atoms with van der Waals surface area (Å²) >= 11 is 0. The van der Waals surface area contributed by atoms with Gasteiger partial charge in [0.25, 0.3) is 0 Å². The van der Waals surface area contributed by atoms with Gasteiger partial charge in [0.05, 0.1) is 0 Å². The monoisotopic (exact) mass is 161 g/mol. The molecule has 0 amide bonds. The van der Waals surface area contributed by atoms with Gasteiger partial charge in [0.1, 0.15) is 6.67 Å². The highest BCUT2D eigenvalue weighted by molar-refractivity contribution is 4.65. The lowest BCUT2D eigenvalue weighted by Gasteiger charge is -2.23. The molecular formula is C9H20FN. The summed E-state index contributed by atoms with van der Waals surface area (Å²) in [4.78, 5) is 2.08. The van der Waals surface area contributed by atoms with Crippen molar-refractivity contribution in [1.29, 1.82) is 0 Å². The average molecular weight is 161 g/mol. The van der Waals surface area contributed by atoms with Crippen LogP contribution in [0.2, 0.25) is 0 Å². The number of alkyl halides is 1. The van der Waals surface area contributed by atoms with Gasteiger partial charge in [-0.2, -0.15) is 0 Å². The van der Waals surface area contributed by atoms with Crippen LogP contribution >= 0.6 is 0 Å². The topological polar surface area (TPSA) is 3.24 Å². The molecule has 0 aromatic heterocycles. The van der Waals surface area contributed by atoms with Gasteiger partial charge in [0, 0.05) is 6.04 Å². The molecule has 1 nitrogen and oxygen atoms in total. The Morgan fingerprint density at radius 1 is 1.36 bits per heavy atom. The molecule has 0 fully saturated rings. The van der Waals surface area contributed by atoms with Gasteiger partial charge in [-0.15, -0.1) is 0 Å². The Morgan fingerprint density at radius 3 is 2.36 bits per heavy atom. The molecule has 0 aliphatic carbocycles. The maximum absolute atomic E-state index is 12.4. The van der Waals surface area contributed by atoms with Gasteiger partial charge in [-0.05, 0) is 20.0 Å². The Morgan fingerprint density at radius 2 is 2.00 bits per heavy atom. The van der Waals surface area contributed by atoms with E-state index < -0.39 is 0 Å². The van der Waals surface area contributed by atoms with Gasteiger partial charge >= 0.3 is 0 Å². The third-order valence-electron chi connectivity index (χ3n) is 2.19. The predicted molar refractivity (Wildman–Crippen MR) is 47.6 cm³/mol. The number of nitrogens with zero attached hydrogens (tertiary/aromatic N) is 1. The molecule has 0 unspecified atom stereocenters. The summed E-state index contributed by atoms with van der Waals surface area (Å²) in [5.41, 5.74) is 0. The molecular weight excluding hydrogens is 141 g/mol. The lowest BCUT2D eigenvalue weighted by Crippen LogP contribution is -2.33. The van der Waals surface area contributed by atoms with Crippen LogP contribution in [0.3, 0.4) is 0 Å². The SMILES string of the molecule is CCCC[C@H](CF)N(C)CC. The molecule has 0 aromatic rings. The minimum atomic E-state index is -0.204. The summed E-state index contributed by atoms with van der Waals surface area (Å²) in [6.45, 7) is 4.94. The summed E-state index contributed by atoms with van der Waals surface area (Å²) in [6, 6.07) is 0.153. The van der Waals surface area contributed by atoms with E-state index in [0.717, 1.165) is 25.8 Å². The number of hydrogen-bond donors (Lipinski definition) is 0. The van der Waals surface area contributed by atoms with Crippen LogP contribution in [0, 0.1) is 0 Å². The number of rotatable bonds is 6. The Hall–Kier alpha value is -0.110. The highest BCUT2D eigenvalue weighted by atomic mass is 19.1. The summed E-state index contributed by atoms with van der Waals surface area (Å²) in [7, 11) is 1.99. The van der Waals surface area contributed by atoms with Crippen molar-refractivity contribution in [3.05, 3.63) is 0 Å². The van der Waals surface area contributed by atoms with Gasteiger partial charge < -0.3 is 4.90 Å². The second kappa shape index (κ2) is 6.59. The number of halogens is 1. The molecule has 0 saturated heterocycles. The first-order valence-corrected chi connectivity index (χ1v) is 4.52. The Kier molecular flexibility index (Phi) is 6.52. The third kappa shape index (κ3) is 4.35. The van der Waals surface area contributed by atoms with Gasteiger partial charge in [-0.1, -0.05) is 26.7 Å². The zero-order valence-corrected chi connectivity index (χ0v) is 7.94. The fourth-order valence-electron chi connectivity index (χ4n) is 1.11. The smallest absolute Gasteiger partial charge is 0.105 e. The zero-order valence-electron chi connectivity index (χ0n) is 7.94. The van der Waals surface area contributed by atoms with E-state index in [1.54, 1.807) is 0 Å². The molecule has 0 spiro atoms. The van der Waals surface area contributed by atoms with E-state index in [9.17, 15) is 4.39 Å². The van der Waals surface area contributed by atoms with E-state index in [4.69, 9.17) is 0 Å². The van der Waals surface area contributed by atoms with Crippen LogP contribution in [0.1, 0.15) is 33.1 Å². The number of unbranched alkanes of at least 4 members (excludes halogenated alkanes) is 1. The molecule has 0 heterocycles. The Bertz CT molecular complexity index is 85.6. The molecule has 11 heavy (non-hydrogen) atoms. The molecule has 0 aliphatic rings. The van der Waals surface area contributed by atoms with Crippen LogP contribution in [0.4, 0.5) is 4.39 Å². The minimum absolute atomic E-state index is 0.153. The molecule has 0 bridgehead atoms. The normalized spacial score (nSPS) is 13.9. The molecule has 0 rings (SSSR count). The second-order valence-corrected chi connectivity index (χ2v) is 3.02. The first-order chi connectivity index (χ1) is 5.26. The fourth-order valence-corrected chi connectivity index (χ4v) is 1.11. The maximum Gasteiger partial charge on any atom is 0.105 e. The van der Waals surface area contributed by atoms with Crippen LogP contribution < -0.4 is 0 Å². The summed E-state index contributed by atoms with van der Waals surface area (Å²) in [5, 5.41) is 0. The molecule has 0 aliphatic heterocycles. The molecule has 0 aromatic carbocycles. The van der Waals surface area contributed by atoms with Crippen molar-refractivity contribution in [3.63, 3.8) is 0 Å². The van der Waals surface area contributed by atoms with E-state index >= 15 is 0 Å². The van der Waals surface area contributed by atoms with Crippen molar-refractivity contribution in [3.8, 4) is 0 Å². The van der Waals surface area contributed by atoms with E-state index in [1.807, 2.05) is 7.05 Å². The van der Waals surface area contributed by atoms with E-state index in [2.05, 4.69) is 18.7 Å². The predicted octanol–water partition coefficient (Wildman–Crippen LogP) is 2.47. The first kappa shape index (κ1) is 10.9. The highest BCUT2D eigenvalue weighted by Crippen LogP contribution is 2.07. The molecule has 2 heteroatoms. The highest BCUT2D eigenvalue weighted by Gasteiger charge is 2.11. The van der Waals surface area contributed by atoms with Gasteiger partial charge in [0.15, 0.2) is 0 Å². The molecule has 0 N–H and O–H groups in total.